The third-order valence-electron chi connectivity index (χ3n) is 8.62. The first-order chi connectivity index (χ1) is 22.4. The fourth-order valence-corrected chi connectivity index (χ4v) is 5.86. The van der Waals surface area contributed by atoms with E-state index in [1.807, 2.05) is 12.1 Å². The number of hydrogen-bond donors (Lipinski definition) is 2. The quantitative estimate of drug-likeness (QED) is 0.199. The van der Waals surface area contributed by atoms with Crippen LogP contribution in [-0.2, 0) is 11.2 Å². The molecule has 238 valence electrons. The predicted molar refractivity (Wildman–Crippen MR) is 189 cm³/mol. The molecule has 1 fully saturated rings. The summed E-state index contributed by atoms with van der Waals surface area (Å²) in [6.07, 6.45) is 7.69. The van der Waals surface area contributed by atoms with Gasteiger partial charge in [0.15, 0.2) is 0 Å². The summed E-state index contributed by atoms with van der Waals surface area (Å²) in [6, 6.07) is 24.9. The smallest absolute Gasteiger partial charge is 0.338 e. The Morgan fingerprint density at radius 3 is 2.33 bits per heavy atom. The number of imidazole rings is 1. The molecule has 2 aliphatic heterocycles. The normalized spacial score (nSPS) is 14.9. The molecule has 3 aromatic carbocycles. The summed E-state index contributed by atoms with van der Waals surface area (Å²) in [5.74, 6) is 0.445. The van der Waals surface area contributed by atoms with Crippen molar-refractivity contribution in [2.75, 3.05) is 52.9 Å². The first kappa shape index (κ1) is 32.7. The average molecular weight is 616 g/mol. The molecule has 0 amide bonds. The van der Waals surface area contributed by atoms with Crippen molar-refractivity contribution in [2.45, 2.75) is 19.8 Å². The lowest BCUT2D eigenvalue weighted by molar-refractivity contribution is 0.0600. The fourth-order valence-electron chi connectivity index (χ4n) is 5.86. The number of piperazine rings is 1. The van der Waals surface area contributed by atoms with Gasteiger partial charge in [-0.2, -0.15) is 0 Å². The first-order valence-electron chi connectivity index (χ1n) is 16.0. The van der Waals surface area contributed by atoms with E-state index in [2.05, 4.69) is 112 Å². The lowest BCUT2D eigenvalue weighted by Gasteiger charge is -2.36. The Morgan fingerprint density at radius 1 is 0.978 bits per heavy atom. The van der Waals surface area contributed by atoms with Crippen molar-refractivity contribution in [3.05, 3.63) is 126 Å². The molecule has 0 saturated carbocycles. The van der Waals surface area contributed by atoms with E-state index in [1.165, 1.54) is 43.6 Å². The van der Waals surface area contributed by atoms with E-state index < -0.39 is 0 Å². The van der Waals surface area contributed by atoms with E-state index in [4.69, 9.17) is 4.74 Å². The Hall–Kier alpha value is -4.72. The molecule has 6 rings (SSSR count). The van der Waals surface area contributed by atoms with Gasteiger partial charge in [0.25, 0.3) is 0 Å². The summed E-state index contributed by atoms with van der Waals surface area (Å²) in [6.45, 7) is 17.3. The molecule has 2 N–H and O–H groups in total. The van der Waals surface area contributed by atoms with Gasteiger partial charge in [0.2, 0.25) is 0 Å². The van der Waals surface area contributed by atoms with Crippen LogP contribution in [-0.4, -0.2) is 78.7 Å². The van der Waals surface area contributed by atoms with Crippen LogP contribution in [0.3, 0.4) is 0 Å². The number of carbonyl (C=O) groups is 1. The molecule has 4 aromatic rings. The van der Waals surface area contributed by atoms with Crippen LogP contribution in [0, 0.1) is 0 Å². The highest BCUT2D eigenvalue weighted by Gasteiger charge is 2.18. The number of benzene rings is 3. The number of carbonyl (C=O) groups excluding carboxylic acids is 1. The first-order valence-corrected chi connectivity index (χ1v) is 16.0. The zero-order valence-corrected chi connectivity index (χ0v) is 27.1. The Kier molecular flexibility index (Phi) is 11.4. The molecule has 0 atom stereocenters. The zero-order valence-electron chi connectivity index (χ0n) is 27.1. The fraction of sp³-hybridized carbons (Fsp3) is 0.282. The van der Waals surface area contributed by atoms with Gasteiger partial charge >= 0.3 is 5.97 Å². The van der Waals surface area contributed by atoms with Crippen LogP contribution in [0.1, 0.15) is 40.7 Å². The van der Waals surface area contributed by atoms with Gasteiger partial charge in [0.05, 0.1) is 24.6 Å². The lowest BCUT2D eigenvalue weighted by Crippen LogP contribution is -2.45. The van der Waals surface area contributed by atoms with Gasteiger partial charge in [-0.1, -0.05) is 79.9 Å². The minimum Gasteiger partial charge on any atom is -0.465 e. The molecule has 0 unspecified atom stereocenters. The van der Waals surface area contributed by atoms with Gasteiger partial charge in [-0.25, -0.2) is 9.78 Å². The maximum Gasteiger partial charge on any atom is 0.338 e. The minimum atomic E-state index is -0.307. The van der Waals surface area contributed by atoms with Crippen LogP contribution in [0.2, 0.25) is 0 Å². The van der Waals surface area contributed by atoms with Gasteiger partial charge in [0, 0.05) is 45.0 Å². The molecule has 0 aliphatic carbocycles. The standard InChI is InChI=1S/C24H23N3O2.C15H22N2/c1-3-23-26-15-22(27-23)18-6-4-16(5-7-18)19-8-9-20(24(28)29-2)21(14-19)17-10-12-25-13-11-17;1-14(2)17-12-10-16(11-13-17)9-8-15-6-4-3-5-7-15/h3-10,14-15,25H,1,11-13H2,2H3,(H,26,27);3-7H,1,8-13H2,2H3. The Labute approximate surface area is 273 Å². The molecule has 7 nitrogen and oxygen atoms in total. The molecule has 0 spiro atoms. The number of esters is 1. The largest absolute Gasteiger partial charge is 0.465 e. The summed E-state index contributed by atoms with van der Waals surface area (Å²) < 4.78 is 4.99. The molecule has 3 heterocycles. The zero-order chi connectivity index (χ0) is 32.3. The van der Waals surface area contributed by atoms with Gasteiger partial charge in [-0.15, -0.1) is 0 Å². The van der Waals surface area contributed by atoms with Crippen molar-refractivity contribution in [1.82, 2.24) is 25.1 Å². The van der Waals surface area contributed by atoms with Gasteiger partial charge in [-0.05, 0) is 77.9 Å². The number of aromatic nitrogens is 2. The summed E-state index contributed by atoms with van der Waals surface area (Å²) >= 11 is 0. The number of aromatic amines is 1. The van der Waals surface area contributed by atoms with Crippen LogP contribution in [0.15, 0.2) is 104 Å². The number of nitrogens with one attached hydrogen (secondary N) is 2. The maximum absolute atomic E-state index is 12.3. The summed E-state index contributed by atoms with van der Waals surface area (Å²) in [7, 11) is 1.42. The predicted octanol–water partition coefficient (Wildman–Crippen LogP) is 6.93. The van der Waals surface area contributed by atoms with Crippen molar-refractivity contribution in [2.24, 2.45) is 0 Å². The molecular formula is C39H45N5O2. The van der Waals surface area contributed by atoms with E-state index in [0.29, 0.717) is 5.56 Å². The third-order valence-corrected chi connectivity index (χ3v) is 8.62. The summed E-state index contributed by atoms with van der Waals surface area (Å²) in [5.41, 5.74) is 9.54. The molecule has 1 aromatic heterocycles. The van der Waals surface area contributed by atoms with Crippen LogP contribution >= 0.6 is 0 Å². The molecule has 1 saturated heterocycles. The number of H-pyrrole nitrogens is 1. The second kappa shape index (κ2) is 16.0. The number of nitrogens with zero attached hydrogens (tertiary/aromatic N) is 3. The Morgan fingerprint density at radius 2 is 1.70 bits per heavy atom. The van der Waals surface area contributed by atoms with Crippen LogP contribution in [0.4, 0.5) is 0 Å². The van der Waals surface area contributed by atoms with Gasteiger partial charge in [0.1, 0.15) is 5.82 Å². The highest BCUT2D eigenvalue weighted by Crippen LogP contribution is 2.31. The second-order valence-corrected chi connectivity index (χ2v) is 11.7. The SMILES string of the molecule is C=C(C)N1CCN(CCc2ccccc2)CC1.C=Cc1ncc(-c2ccc(-c3ccc(C(=O)OC)c(C4=CCNCC4)c3)cc2)[nH]1. The van der Waals surface area contributed by atoms with E-state index >= 15 is 0 Å². The Balaban J connectivity index is 0.000000209. The molecule has 2 aliphatic rings. The van der Waals surface area contributed by atoms with Crippen molar-refractivity contribution in [3.63, 3.8) is 0 Å². The van der Waals surface area contributed by atoms with Gasteiger partial charge in [-0.3, -0.25) is 4.90 Å². The van der Waals surface area contributed by atoms with Crippen molar-refractivity contribution < 1.29 is 9.53 Å². The topological polar surface area (TPSA) is 73.5 Å². The lowest BCUT2D eigenvalue weighted by atomic mass is 9.91. The second-order valence-electron chi connectivity index (χ2n) is 11.7. The van der Waals surface area contributed by atoms with E-state index in [0.717, 1.165) is 72.8 Å². The molecular weight excluding hydrogens is 570 g/mol. The maximum atomic E-state index is 12.3. The van der Waals surface area contributed by atoms with E-state index in [1.54, 1.807) is 12.3 Å². The van der Waals surface area contributed by atoms with Crippen molar-refractivity contribution >= 4 is 17.6 Å². The number of hydrogen-bond acceptors (Lipinski definition) is 6. The van der Waals surface area contributed by atoms with Crippen LogP contribution in [0.25, 0.3) is 34.0 Å². The van der Waals surface area contributed by atoms with Crippen LogP contribution in [0.5, 0.6) is 0 Å². The number of rotatable bonds is 9. The minimum absolute atomic E-state index is 0.307. The Bertz CT molecular complexity index is 1650. The monoisotopic (exact) mass is 615 g/mol. The van der Waals surface area contributed by atoms with Gasteiger partial charge < -0.3 is 19.9 Å². The van der Waals surface area contributed by atoms with Crippen LogP contribution < -0.4 is 5.32 Å². The number of ether oxygens (including phenoxy) is 1. The molecule has 0 bridgehead atoms. The molecule has 0 radical (unpaired) electrons. The van der Waals surface area contributed by atoms with E-state index in [-0.39, 0.29) is 5.97 Å². The third kappa shape index (κ3) is 8.50. The number of methoxy groups -OCH3 is 1. The van der Waals surface area contributed by atoms with Crippen molar-refractivity contribution in [3.8, 4) is 22.4 Å². The summed E-state index contributed by atoms with van der Waals surface area (Å²) in [4.78, 5) is 24.7. The highest BCUT2D eigenvalue weighted by molar-refractivity contribution is 5.96. The average Bonchev–Trinajstić information content (AvgIpc) is 3.61. The summed E-state index contributed by atoms with van der Waals surface area (Å²) in [5, 5.41) is 3.31. The van der Waals surface area contributed by atoms with E-state index in [9.17, 15) is 4.79 Å². The molecule has 46 heavy (non-hydrogen) atoms. The van der Waals surface area contributed by atoms with Crippen molar-refractivity contribution in [1.29, 1.82) is 0 Å². The molecule has 7 heteroatoms. The number of allylic oxidation sites excluding steroid dienone is 1. The highest BCUT2D eigenvalue weighted by atomic mass is 16.5.